The molecule has 1 saturated heterocycles. The molecule has 0 unspecified atom stereocenters. The number of anilines is 1. The van der Waals surface area contributed by atoms with E-state index in [0.29, 0.717) is 13.2 Å². The van der Waals surface area contributed by atoms with Crippen molar-refractivity contribution in [2.75, 3.05) is 58.4 Å². The smallest absolute Gasteiger partial charge is 0.254 e. The molecule has 1 fully saturated rings. The average Bonchev–Trinajstić information content (AvgIpc) is 2.74. The van der Waals surface area contributed by atoms with Crippen LogP contribution in [0.3, 0.4) is 0 Å². The van der Waals surface area contributed by atoms with E-state index in [9.17, 15) is 4.79 Å². The molecule has 6 nitrogen and oxygen atoms in total. The summed E-state index contributed by atoms with van der Waals surface area (Å²) in [7, 11) is 3.97. The van der Waals surface area contributed by atoms with E-state index in [1.807, 2.05) is 54.2 Å². The number of carbonyl (C=O) groups is 1. The van der Waals surface area contributed by atoms with Crippen molar-refractivity contribution in [3.63, 3.8) is 0 Å². The van der Waals surface area contributed by atoms with E-state index in [-0.39, 0.29) is 5.91 Å². The van der Waals surface area contributed by atoms with Gasteiger partial charge in [0.2, 0.25) is 0 Å². The zero-order valence-electron chi connectivity index (χ0n) is 16.6. The first kappa shape index (κ1) is 18.6. The molecule has 0 bridgehead atoms. The molecule has 2 heterocycles. The Balaban J connectivity index is 1.34. The Morgan fingerprint density at radius 2 is 1.71 bits per heavy atom. The lowest BCUT2D eigenvalue weighted by molar-refractivity contribution is 0.0628. The maximum atomic E-state index is 12.9. The molecule has 0 spiro atoms. The third-order valence-electron chi connectivity index (χ3n) is 5.28. The zero-order valence-corrected chi connectivity index (χ0v) is 16.6. The molecule has 1 amide bonds. The summed E-state index contributed by atoms with van der Waals surface area (Å²) in [5.41, 5.74) is 3.01. The summed E-state index contributed by atoms with van der Waals surface area (Å²) < 4.78 is 11.3. The first-order valence-electron chi connectivity index (χ1n) is 9.78. The minimum Gasteiger partial charge on any atom is -0.486 e. The SMILES string of the molecule is CN(C)c1cccc(C(=O)N2CCN(Cc3ccc4c(c3)OCCO4)CC2)c1. The van der Waals surface area contributed by atoms with Crippen molar-refractivity contribution in [2.24, 2.45) is 0 Å². The fraction of sp³-hybridized carbons (Fsp3) is 0.409. The van der Waals surface area contributed by atoms with E-state index in [1.165, 1.54) is 5.56 Å². The molecule has 148 valence electrons. The Hall–Kier alpha value is -2.73. The van der Waals surface area contributed by atoms with Crippen molar-refractivity contribution in [1.29, 1.82) is 0 Å². The van der Waals surface area contributed by atoms with Crippen LogP contribution in [0, 0.1) is 0 Å². The number of fused-ring (bicyclic) bond motifs is 1. The molecule has 4 rings (SSSR count). The Kier molecular flexibility index (Phi) is 5.39. The number of carbonyl (C=O) groups excluding carboxylic acids is 1. The van der Waals surface area contributed by atoms with Gasteiger partial charge in [0.1, 0.15) is 13.2 Å². The highest BCUT2D eigenvalue weighted by atomic mass is 16.6. The Bertz CT molecular complexity index is 845. The van der Waals surface area contributed by atoms with Gasteiger partial charge < -0.3 is 19.3 Å². The van der Waals surface area contributed by atoms with Crippen LogP contribution in [0.25, 0.3) is 0 Å². The van der Waals surface area contributed by atoms with Crippen LogP contribution < -0.4 is 14.4 Å². The monoisotopic (exact) mass is 381 g/mol. The van der Waals surface area contributed by atoms with E-state index in [2.05, 4.69) is 17.0 Å². The van der Waals surface area contributed by atoms with Crippen molar-refractivity contribution in [1.82, 2.24) is 9.80 Å². The Labute approximate surface area is 166 Å². The minimum absolute atomic E-state index is 0.114. The standard InChI is InChI=1S/C22H27N3O3/c1-23(2)19-5-3-4-18(15-19)22(26)25-10-8-24(9-11-25)16-17-6-7-20-21(14-17)28-13-12-27-20/h3-7,14-15H,8-13,16H2,1-2H3. The van der Waals surface area contributed by atoms with Gasteiger partial charge in [-0.2, -0.15) is 0 Å². The molecule has 0 saturated carbocycles. The van der Waals surface area contributed by atoms with E-state index in [4.69, 9.17) is 9.47 Å². The van der Waals surface area contributed by atoms with Gasteiger partial charge in [0, 0.05) is 58.1 Å². The number of rotatable bonds is 4. The third-order valence-corrected chi connectivity index (χ3v) is 5.28. The average molecular weight is 381 g/mol. The molecule has 2 aliphatic rings. The van der Waals surface area contributed by atoms with Crippen molar-refractivity contribution in [2.45, 2.75) is 6.54 Å². The lowest BCUT2D eigenvalue weighted by Gasteiger charge is -2.35. The molecule has 0 aromatic heterocycles. The summed E-state index contributed by atoms with van der Waals surface area (Å²) in [5, 5.41) is 0. The van der Waals surface area contributed by atoms with Gasteiger partial charge in [-0.1, -0.05) is 12.1 Å². The molecule has 2 aromatic rings. The molecule has 2 aromatic carbocycles. The van der Waals surface area contributed by atoms with Gasteiger partial charge in [-0.05, 0) is 35.9 Å². The largest absolute Gasteiger partial charge is 0.486 e. The van der Waals surface area contributed by atoms with Gasteiger partial charge in [0.25, 0.3) is 5.91 Å². The maximum absolute atomic E-state index is 12.9. The normalized spacial score (nSPS) is 16.7. The number of piperazine rings is 1. The first-order valence-corrected chi connectivity index (χ1v) is 9.78. The molecule has 0 N–H and O–H groups in total. The Morgan fingerprint density at radius 3 is 2.46 bits per heavy atom. The predicted molar refractivity (Wildman–Crippen MR) is 109 cm³/mol. The number of ether oxygens (including phenoxy) is 2. The molecular formula is C22H27N3O3. The highest BCUT2D eigenvalue weighted by Crippen LogP contribution is 2.31. The third kappa shape index (κ3) is 4.07. The Morgan fingerprint density at radius 1 is 0.964 bits per heavy atom. The molecule has 6 heteroatoms. The highest BCUT2D eigenvalue weighted by Gasteiger charge is 2.23. The maximum Gasteiger partial charge on any atom is 0.254 e. The number of hydrogen-bond acceptors (Lipinski definition) is 5. The summed E-state index contributed by atoms with van der Waals surface area (Å²) in [4.78, 5) is 19.2. The van der Waals surface area contributed by atoms with Crippen LogP contribution in [0.1, 0.15) is 15.9 Å². The van der Waals surface area contributed by atoms with Crippen molar-refractivity contribution in [3.8, 4) is 11.5 Å². The van der Waals surface area contributed by atoms with Crippen molar-refractivity contribution in [3.05, 3.63) is 53.6 Å². The van der Waals surface area contributed by atoms with Gasteiger partial charge in [0.05, 0.1) is 0 Å². The molecular weight excluding hydrogens is 354 g/mol. The summed E-state index contributed by atoms with van der Waals surface area (Å²) in [6.07, 6.45) is 0. The zero-order chi connectivity index (χ0) is 19.5. The second-order valence-corrected chi connectivity index (χ2v) is 7.49. The molecule has 28 heavy (non-hydrogen) atoms. The fourth-order valence-corrected chi connectivity index (χ4v) is 3.65. The van der Waals surface area contributed by atoms with Crippen molar-refractivity contribution >= 4 is 11.6 Å². The van der Waals surface area contributed by atoms with Crippen LogP contribution >= 0.6 is 0 Å². The molecule has 0 atom stereocenters. The van der Waals surface area contributed by atoms with Gasteiger partial charge in [-0.3, -0.25) is 9.69 Å². The summed E-state index contributed by atoms with van der Waals surface area (Å²) in [6.45, 7) is 5.30. The number of benzene rings is 2. The lowest BCUT2D eigenvalue weighted by Crippen LogP contribution is -2.48. The highest BCUT2D eigenvalue weighted by molar-refractivity contribution is 5.95. The first-order chi connectivity index (χ1) is 13.6. The van der Waals surface area contributed by atoms with E-state index < -0.39 is 0 Å². The van der Waals surface area contributed by atoms with Crippen LogP contribution in [0.2, 0.25) is 0 Å². The van der Waals surface area contributed by atoms with E-state index in [0.717, 1.165) is 55.5 Å². The quantitative estimate of drug-likeness (QED) is 0.814. The topological polar surface area (TPSA) is 45.3 Å². The molecule has 0 radical (unpaired) electrons. The van der Waals surface area contributed by atoms with Crippen LogP contribution in [0.15, 0.2) is 42.5 Å². The second-order valence-electron chi connectivity index (χ2n) is 7.49. The second kappa shape index (κ2) is 8.10. The van der Waals surface area contributed by atoms with E-state index >= 15 is 0 Å². The fourth-order valence-electron chi connectivity index (χ4n) is 3.65. The summed E-state index contributed by atoms with van der Waals surface area (Å²) in [5.74, 6) is 1.77. The number of hydrogen-bond donors (Lipinski definition) is 0. The van der Waals surface area contributed by atoms with Gasteiger partial charge in [-0.15, -0.1) is 0 Å². The molecule has 0 aliphatic carbocycles. The lowest BCUT2D eigenvalue weighted by atomic mass is 10.1. The van der Waals surface area contributed by atoms with Crippen LogP contribution in [-0.2, 0) is 6.54 Å². The van der Waals surface area contributed by atoms with Crippen LogP contribution in [0.5, 0.6) is 11.5 Å². The number of nitrogens with zero attached hydrogens (tertiary/aromatic N) is 3. The minimum atomic E-state index is 0.114. The predicted octanol–water partition coefficient (Wildman–Crippen LogP) is 2.48. The summed E-state index contributed by atoms with van der Waals surface area (Å²) in [6, 6.07) is 14.0. The van der Waals surface area contributed by atoms with Crippen LogP contribution in [-0.4, -0.2) is 69.2 Å². The van der Waals surface area contributed by atoms with Gasteiger partial charge in [0.15, 0.2) is 11.5 Å². The van der Waals surface area contributed by atoms with Gasteiger partial charge >= 0.3 is 0 Å². The van der Waals surface area contributed by atoms with Crippen molar-refractivity contribution < 1.29 is 14.3 Å². The van der Waals surface area contributed by atoms with Crippen LogP contribution in [0.4, 0.5) is 5.69 Å². The van der Waals surface area contributed by atoms with Gasteiger partial charge in [-0.25, -0.2) is 0 Å². The number of amides is 1. The van der Waals surface area contributed by atoms with E-state index in [1.54, 1.807) is 0 Å². The summed E-state index contributed by atoms with van der Waals surface area (Å²) >= 11 is 0. The molecule has 2 aliphatic heterocycles.